The first kappa shape index (κ1) is 29.8. The molecule has 1 aromatic carbocycles. The van der Waals surface area contributed by atoms with Crippen molar-refractivity contribution in [3.63, 3.8) is 0 Å². The zero-order valence-electron chi connectivity index (χ0n) is 16.5. The van der Waals surface area contributed by atoms with Gasteiger partial charge in [0.25, 0.3) is 0 Å². The summed E-state index contributed by atoms with van der Waals surface area (Å²) in [6.07, 6.45) is -0.631. The Balaban J connectivity index is 0. The average Bonchev–Trinajstić information content (AvgIpc) is 2.63. The van der Waals surface area contributed by atoms with Crippen LogP contribution in [0.5, 0.6) is 0 Å². The zero-order valence-corrected chi connectivity index (χ0v) is 18.2. The van der Waals surface area contributed by atoms with E-state index in [2.05, 4.69) is 9.78 Å². The highest BCUT2D eigenvalue weighted by atomic mass is 35.5. The van der Waals surface area contributed by atoms with Crippen LogP contribution in [-0.2, 0) is 35.4 Å². The normalized spacial score (nSPS) is 11.7. The molecule has 2 atom stereocenters. The van der Waals surface area contributed by atoms with E-state index in [0.29, 0.717) is 0 Å². The molecule has 0 aliphatic rings. The summed E-state index contributed by atoms with van der Waals surface area (Å²) in [5.41, 5.74) is 11.5. The molecule has 0 radical (unpaired) electrons. The SMILES string of the molecule is CC(N)CN(N)C(=O)CCC(=O)OOC(=O)C(CC(N)=O)Cc1ccccc1.Cl.Cl. The van der Waals surface area contributed by atoms with Crippen LogP contribution in [0.3, 0.4) is 0 Å². The minimum Gasteiger partial charge on any atom is -0.370 e. The van der Waals surface area contributed by atoms with E-state index in [1.165, 1.54) is 0 Å². The number of hydrogen-bond donors (Lipinski definition) is 3. The summed E-state index contributed by atoms with van der Waals surface area (Å²) in [6.45, 7) is 1.82. The molecule has 0 heterocycles. The van der Waals surface area contributed by atoms with E-state index in [4.69, 9.17) is 17.3 Å². The second kappa shape index (κ2) is 15.4. The van der Waals surface area contributed by atoms with Gasteiger partial charge in [0, 0.05) is 18.9 Å². The Morgan fingerprint density at radius 2 is 1.63 bits per heavy atom. The molecule has 1 aromatic rings. The Kier molecular flexibility index (Phi) is 15.3. The standard InChI is InChI=1S/C18H26N4O6.2ClH/c1-12(19)11-22(21)16(24)7-8-17(25)27-28-18(26)14(10-15(20)23)9-13-5-3-2-4-6-13;;/h2-6,12,14H,7-11,19,21H2,1H3,(H2,20,23);2*1H. The molecule has 0 bridgehead atoms. The number of benzene rings is 1. The van der Waals surface area contributed by atoms with Crippen molar-refractivity contribution < 1.29 is 29.0 Å². The molecule has 0 saturated carbocycles. The topological polar surface area (TPSA) is 168 Å². The lowest BCUT2D eigenvalue weighted by atomic mass is 9.96. The minimum absolute atomic E-state index is 0. The summed E-state index contributed by atoms with van der Waals surface area (Å²) in [4.78, 5) is 55.7. The van der Waals surface area contributed by atoms with E-state index in [1.807, 2.05) is 6.07 Å². The Morgan fingerprint density at radius 3 is 2.17 bits per heavy atom. The van der Waals surface area contributed by atoms with Crippen LogP contribution < -0.4 is 17.3 Å². The predicted octanol–water partition coefficient (Wildman–Crippen LogP) is 0.395. The van der Waals surface area contributed by atoms with Crippen molar-refractivity contribution in [3.8, 4) is 0 Å². The molecule has 0 fully saturated rings. The van der Waals surface area contributed by atoms with Gasteiger partial charge >= 0.3 is 11.9 Å². The Labute approximate surface area is 187 Å². The van der Waals surface area contributed by atoms with E-state index in [0.717, 1.165) is 10.6 Å². The number of nitrogens with zero attached hydrogens (tertiary/aromatic N) is 1. The fourth-order valence-electron chi connectivity index (χ4n) is 2.34. The number of primary amides is 1. The van der Waals surface area contributed by atoms with Gasteiger partial charge in [0.2, 0.25) is 11.8 Å². The van der Waals surface area contributed by atoms with Crippen molar-refractivity contribution in [2.24, 2.45) is 23.2 Å². The lowest BCUT2D eigenvalue weighted by molar-refractivity contribution is -0.262. The Bertz CT molecular complexity index is 691. The Hall–Kier alpha value is -2.40. The van der Waals surface area contributed by atoms with Crippen molar-refractivity contribution in [2.75, 3.05) is 6.54 Å². The molecule has 0 spiro atoms. The summed E-state index contributed by atoms with van der Waals surface area (Å²) < 4.78 is 0. The molecule has 1 rings (SSSR count). The number of nitrogens with two attached hydrogens (primary N) is 3. The second-order valence-electron chi connectivity index (χ2n) is 6.44. The van der Waals surface area contributed by atoms with Gasteiger partial charge in [-0.05, 0) is 18.9 Å². The summed E-state index contributed by atoms with van der Waals surface area (Å²) in [6, 6.07) is 8.62. The summed E-state index contributed by atoms with van der Waals surface area (Å²) in [7, 11) is 0. The van der Waals surface area contributed by atoms with Crippen LogP contribution in [0.1, 0.15) is 31.7 Å². The van der Waals surface area contributed by atoms with E-state index in [1.54, 1.807) is 31.2 Å². The lowest BCUT2D eigenvalue weighted by Crippen LogP contribution is -2.44. The maximum absolute atomic E-state index is 12.1. The van der Waals surface area contributed by atoms with Crippen molar-refractivity contribution in [1.29, 1.82) is 0 Å². The summed E-state index contributed by atoms with van der Waals surface area (Å²) in [5.74, 6) is 1.59. The maximum atomic E-state index is 12.1. The first-order valence-corrected chi connectivity index (χ1v) is 8.73. The molecular weight excluding hydrogens is 439 g/mol. The Morgan fingerprint density at radius 1 is 1.03 bits per heavy atom. The van der Waals surface area contributed by atoms with E-state index in [-0.39, 0.29) is 63.1 Å². The second-order valence-corrected chi connectivity index (χ2v) is 6.44. The summed E-state index contributed by atoms with van der Waals surface area (Å²) >= 11 is 0. The van der Waals surface area contributed by atoms with Gasteiger partial charge < -0.3 is 11.5 Å². The molecule has 170 valence electrons. The highest BCUT2D eigenvalue weighted by Crippen LogP contribution is 2.14. The molecule has 2 unspecified atom stereocenters. The first-order chi connectivity index (χ1) is 13.2. The third-order valence-corrected chi connectivity index (χ3v) is 3.67. The predicted molar refractivity (Wildman–Crippen MR) is 113 cm³/mol. The van der Waals surface area contributed by atoms with E-state index < -0.39 is 29.7 Å². The van der Waals surface area contributed by atoms with Crippen LogP contribution in [0.2, 0.25) is 0 Å². The van der Waals surface area contributed by atoms with E-state index in [9.17, 15) is 19.2 Å². The number of halogens is 2. The van der Waals surface area contributed by atoms with Crippen LogP contribution in [0, 0.1) is 5.92 Å². The number of rotatable bonds is 10. The maximum Gasteiger partial charge on any atom is 0.359 e. The highest BCUT2D eigenvalue weighted by Gasteiger charge is 2.25. The van der Waals surface area contributed by atoms with Crippen LogP contribution >= 0.6 is 24.8 Å². The summed E-state index contributed by atoms with van der Waals surface area (Å²) in [5, 5.41) is 0.909. The van der Waals surface area contributed by atoms with Crippen molar-refractivity contribution in [3.05, 3.63) is 35.9 Å². The minimum atomic E-state index is -0.923. The van der Waals surface area contributed by atoms with Crippen LogP contribution in [0.15, 0.2) is 30.3 Å². The van der Waals surface area contributed by atoms with Gasteiger partial charge in [-0.1, -0.05) is 30.3 Å². The van der Waals surface area contributed by atoms with Gasteiger partial charge in [0.15, 0.2) is 0 Å². The van der Waals surface area contributed by atoms with Gasteiger partial charge in [0.1, 0.15) is 0 Å². The van der Waals surface area contributed by atoms with Crippen molar-refractivity contribution in [2.45, 2.75) is 38.6 Å². The number of amides is 2. The molecule has 12 heteroatoms. The number of carbonyl (C=O) groups is 4. The van der Waals surface area contributed by atoms with Gasteiger partial charge in [-0.25, -0.2) is 25.2 Å². The molecule has 2 amide bonds. The van der Waals surface area contributed by atoms with Gasteiger partial charge in [0.05, 0.1) is 18.9 Å². The smallest absolute Gasteiger partial charge is 0.359 e. The number of hydrazine groups is 1. The third-order valence-electron chi connectivity index (χ3n) is 3.67. The molecule has 0 aliphatic carbocycles. The molecule has 10 nitrogen and oxygen atoms in total. The third kappa shape index (κ3) is 12.2. The first-order valence-electron chi connectivity index (χ1n) is 8.73. The molecule has 0 aliphatic heterocycles. The highest BCUT2D eigenvalue weighted by molar-refractivity contribution is 5.86. The molecule has 0 saturated heterocycles. The molecule has 6 N–H and O–H groups in total. The number of hydrogen-bond acceptors (Lipinski definition) is 8. The lowest BCUT2D eigenvalue weighted by Gasteiger charge is -2.18. The molecular formula is C18H28Cl2N4O6. The van der Waals surface area contributed by atoms with Crippen LogP contribution in [0.25, 0.3) is 0 Å². The average molecular weight is 467 g/mol. The van der Waals surface area contributed by atoms with Crippen molar-refractivity contribution in [1.82, 2.24) is 5.01 Å². The largest absolute Gasteiger partial charge is 0.370 e. The van der Waals surface area contributed by atoms with Crippen LogP contribution in [-0.4, -0.2) is 41.3 Å². The molecule has 0 aromatic heterocycles. The quantitative estimate of drug-likeness (QED) is 0.192. The van der Waals surface area contributed by atoms with Crippen molar-refractivity contribution >= 4 is 48.6 Å². The fraction of sp³-hybridized carbons (Fsp3) is 0.444. The number of carbonyl (C=O) groups excluding carboxylic acids is 4. The van der Waals surface area contributed by atoms with E-state index >= 15 is 0 Å². The van der Waals surface area contributed by atoms with Gasteiger partial charge in [-0.15, -0.1) is 24.8 Å². The molecule has 30 heavy (non-hydrogen) atoms. The van der Waals surface area contributed by atoms with Gasteiger partial charge in [-0.3, -0.25) is 14.6 Å². The monoisotopic (exact) mass is 466 g/mol. The van der Waals surface area contributed by atoms with Crippen LogP contribution in [0.4, 0.5) is 0 Å². The zero-order chi connectivity index (χ0) is 21.1. The fourth-order valence-corrected chi connectivity index (χ4v) is 2.34. The van der Waals surface area contributed by atoms with Gasteiger partial charge in [-0.2, -0.15) is 0 Å².